The van der Waals surface area contributed by atoms with Gasteiger partial charge in [-0.3, -0.25) is 9.69 Å². The number of benzene rings is 2. The molecule has 4 nitrogen and oxygen atoms in total. The van der Waals surface area contributed by atoms with Crippen LogP contribution < -0.4 is 4.90 Å². The summed E-state index contributed by atoms with van der Waals surface area (Å²) in [6, 6.07) is 16.7. The first-order valence-corrected chi connectivity index (χ1v) is 9.29. The van der Waals surface area contributed by atoms with E-state index in [1.165, 1.54) is 12.1 Å². The molecule has 1 fully saturated rings. The summed E-state index contributed by atoms with van der Waals surface area (Å²) in [7, 11) is 0. The summed E-state index contributed by atoms with van der Waals surface area (Å²) in [6.07, 6.45) is 1.76. The first kappa shape index (κ1) is 17.6. The van der Waals surface area contributed by atoms with E-state index in [-0.39, 0.29) is 5.82 Å². The molecule has 1 aromatic heterocycles. The molecule has 2 aromatic carbocycles. The van der Waals surface area contributed by atoms with Crippen molar-refractivity contribution in [1.82, 2.24) is 9.88 Å². The molecule has 0 N–H and O–H groups in total. The molecule has 4 rings (SSSR count). The molecule has 0 saturated carbocycles. The van der Waals surface area contributed by atoms with E-state index in [2.05, 4.69) is 20.9 Å². The third-order valence-corrected chi connectivity index (χ3v) is 5.19. The number of aldehydes is 1. The van der Waals surface area contributed by atoms with E-state index in [4.69, 9.17) is 0 Å². The summed E-state index contributed by atoms with van der Waals surface area (Å²) in [4.78, 5) is 20.7. The zero-order valence-electron chi connectivity index (χ0n) is 15.1. The second-order valence-electron chi connectivity index (χ2n) is 6.91. The van der Waals surface area contributed by atoms with Gasteiger partial charge in [-0.15, -0.1) is 0 Å². The third kappa shape index (κ3) is 3.98. The van der Waals surface area contributed by atoms with Gasteiger partial charge < -0.3 is 4.90 Å². The number of anilines is 1. The van der Waals surface area contributed by atoms with Crippen LogP contribution in [-0.2, 0) is 6.42 Å². The molecule has 1 aliphatic heterocycles. The van der Waals surface area contributed by atoms with Gasteiger partial charge in [0.25, 0.3) is 0 Å². The van der Waals surface area contributed by atoms with Crippen LogP contribution in [0.4, 0.5) is 10.1 Å². The average molecular weight is 363 g/mol. The number of fused-ring (bicyclic) bond motifs is 1. The number of rotatable bonds is 5. The van der Waals surface area contributed by atoms with Crippen LogP contribution >= 0.6 is 0 Å². The van der Waals surface area contributed by atoms with Crippen LogP contribution in [0.5, 0.6) is 0 Å². The number of nitrogens with zero attached hydrogens (tertiary/aromatic N) is 3. The lowest BCUT2D eigenvalue weighted by Gasteiger charge is -2.36. The van der Waals surface area contributed by atoms with Gasteiger partial charge in [-0.05, 0) is 36.2 Å². The Bertz CT molecular complexity index is 934. The summed E-state index contributed by atoms with van der Waals surface area (Å²) in [5.74, 6) is -0.192. The molecule has 0 radical (unpaired) electrons. The smallest absolute Gasteiger partial charge is 0.170 e. The van der Waals surface area contributed by atoms with Gasteiger partial charge in [0.2, 0.25) is 0 Å². The molecule has 5 heteroatoms. The fraction of sp³-hybridized carbons (Fsp3) is 0.273. The Morgan fingerprint density at radius 1 is 1.00 bits per heavy atom. The van der Waals surface area contributed by atoms with Gasteiger partial charge >= 0.3 is 0 Å². The Morgan fingerprint density at radius 3 is 2.48 bits per heavy atom. The molecule has 0 unspecified atom stereocenters. The SMILES string of the molecule is O=Cc1nc2ccccc2cc1N1CCN(CCc2ccc(F)cc2)CC1. The van der Waals surface area contributed by atoms with Crippen molar-refractivity contribution in [1.29, 1.82) is 0 Å². The van der Waals surface area contributed by atoms with E-state index in [0.29, 0.717) is 5.69 Å². The Labute approximate surface area is 158 Å². The van der Waals surface area contributed by atoms with Crippen LogP contribution in [0.3, 0.4) is 0 Å². The monoisotopic (exact) mass is 363 g/mol. The number of pyridine rings is 1. The highest BCUT2D eigenvalue weighted by molar-refractivity contribution is 5.91. The molecular weight excluding hydrogens is 341 g/mol. The predicted molar refractivity (Wildman–Crippen MR) is 106 cm³/mol. The normalized spacial score (nSPS) is 15.2. The van der Waals surface area contributed by atoms with Crippen LogP contribution in [0.25, 0.3) is 10.9 Å². The molecule has 138 valence electrons. The molecule has 0 spiro atoms. The van der Waals surface area contributed by atoms with Gasteiger partial charge in [0.05, 0.1) is 11.2 Å². The molecule has 1 aliphatic rings. The highest BCUT2D eigenvalue weighted by atomic mass is 19.1. The standard InChI is InChI=1S/C22H22FN3O/c23-19-7-5-17(6-8-19)9-10-25-11-13-26(14-12-25)22-15-18-3-1-2-4-20(18)24-21(22)16-27/h1-8,15-16H,9-14H2. The molecule has 3 aromatic rings. The van der Waals surface area contributed by atoms with E-state index in [1.807, 2.05) is 36.4 Å². The maximum absolute atomic E-state index is 13.0. The van der Waals surface area contributed by atoms with Crippen molar-refractivity contribution < 1.29 is 9.18 Å². The van der Waals surface area contributed by atoms with Crippen LogP contribution in [0.1, 0.15) is 16.1 Å². The van der Waals surface area contributed by atoms with Gasteiger partial charge in [0.15, 0.2) is 6.29 Å². The molecular formula is C22H22FN3O. The van der Waals surface area contributed by atoms with Gasteiger partial charge in [0, 0.05) is 38.1 Å². The fourth-order valence-electron chi connectivity index (χ4n) is 3.61. The first-order valence-electron chi connectivity index (χ1n) is 9.29. The largest absolute Gasteiger partial charge is 0.367 e. The van der Waals surface area contributed by atoms with Crippen LogP contribution in [0.15, 0.2) is 54.6 Å². The summed E-state index contributed by atoms with van der Waals surface area (Å²) in [5.41, 5.74) is 3.43. The van der Waals surface area contributed by atoms with E-state index >= 15 is 0 Å². The second-order valence-corrected chi connectivity index (χ2v) is 6.91. The lowest BCUT2D eigenvalue weighted by atomic mass is 10.1. The zero-order valence-corrected chi connectivity index (χ0v) is 15.1. The Kier molecular flexibility index (Phi) is 5.12. The third-order valence-electron chi connectivity index (χ3n) is 5.19. The quantitative estimate of drug-likeness (QED) is 0.650. The second kappa shape index (κ2) is 7.84. The maximum Gasteiger partial charge on any atom is 0.170 e. The van der Waals surface area contributed by atoms with Crippen LogP contribution in [0.2, 0.25) is 0 Å². The molecule has 27 heavy (non-hydrogen) atoms. The minimum atomic E-state index is -0.192. The van der Waals surface area contributed by atoms with Gasteiger partial charge in [-0.25, -0.2) is 9.37 Å². The van der Waals surface area contributed by atoms with Crippen molar-refractivity contribution in [3.63, 3.8) is 0 Å². The van der Waals surface area contributed by atoms with Crippen LogP contribution in [-0.4, -0.2) is 48.9 Å². The van der Waals surface area contributed by atoms with Gasteiger partial charge in [-0.2, -0.15) is 0 Å². The van der Waals surface area contributed by atoms with Crippen LogP contribution in [0, 0.1) is 5.82 Å². The number of hydrogen-bond donors (Lipinski definition) is 0. The average Bonchev–Trinajstić information content (AvgIpc) is 2.73. The number of hydrogen-bond acceptors (Lipinski definition) is 4. The first-order chi connectivity index (χ1) is 13.2. The molecule has 0 bridgehead atoms. The van der Waals surface area contributed by atoms with Crippen molar-refractivity contribution in [3.05, 3.63) is 71.7 Å². The predicted octanol–water partition coefficient (Wildman–Crippen LogP) is 3.55. The van der Waals surface area contributed by atoms with E-state index < -0.39 is 0 Å². The summed E-state index contributed by atoms with van der Waals surface area (Å²) in [5, 5.41) is 1.05. The van der Waals surface area contributed by atoms with Crippen molar-refractivity contribution >= 4 is 22.9 Å². The van der Waals surface area contributed by atoms with Gasteiger partial charge in [0.1, 0.15) is 11.5 Å². The van der Waals surface area contributed by atoms with Gasteiger partial charge in [-0.1, -0.05) is 30.3 Å². The topological polar surface area (TPSA) is 36.4 Å². The van der Waals surface area contributed by atoms with Crippen molar-refractivity contribution in [2.75, 3.05) is 37.6 Å². The maximum atomic E-state index is 13.0. The molecule has 0 aliphatic carbocycles. The molecule has 0 amide bonds. The van der Waals surface area contributed by atoms with E-state index in [0.717, 1.165) is 67.6 Å². The summed E-state index contributed by atoms with van der Waals surface area (Å²) < 4.78 is 13.0. The molecule has 2 heterocycles. The minimum Gasteiger partial charge on any atom is -0.367 e. The fourth-order valence-corrected chi connectivity index (χ4v) is 3.61. The number of carbonyl (C=O) groups is 1. The molecule has 0 atom stereocenters. The number of aromatic nitrogens is 1. The lowest BCUT2D eigenvalue weighted by Crippen LogP contribution is -2.47. The number of carbonyl (C=O) groups excluding carboxylic acids is 1. The highest BCUT2D eigenvalue weighted by Crippen LogP contribution is 2.24. The van der Waals surface area contributed by atoms with Crippen molar-refractivity contribution in [2.24, 2.45) is 0 Å². The molecule has 1 saturated heterocycles. The highest BCUT2D eigenvalue weighted by Gasteiger charge is 2.20. The Morgan fingerprint density at radius 2 is 1.74 bits per heavy atom. The number of para-hydroxylation sites is 1. The Balaban J connectivity index is 1.40. The van der Waals surface area contributed by atoms with Crippen molar-refractivity contribution in [3.8, 4) is 0 Å². The number of piperazine rings is 1. The van der Waals surface area contributed by atoms with Crippen molar-refractivity contribution in [2.45, 2.75) is 6.42 Å². The van der Waals surface area contributed by atoms with E-state index in [9.17, 15) is 9.18 Å². The lowest BCUT2D eigenvalue weighted by molar-refractivity contribution is 0.111. The van der Waals surface area contributed by atoms with E-state index in [1.54, 1.807) is 0 Å². The summed E-state index contributed by atoms with van der Waals surface area (Å²) >= 11 is 0. The Hall–Kier alpha value is -2.79. The summed E-state index contributed by atoms with van der Waals surface area (Å²) in [6.45, 7) is 4.56. The zero-order chi connectivity index (χ0) is 18.6. The minimum absolute atomic E-state index is 0.192. The number of halogens is 1.